The van der Waals surface area contributed by atoms with Crippen molar-refractivity contribution in [2.45, 2.75) is 26.3 Å². The zero-order valence-electron chi connectivity index (χ0n) is 10.5. The summed E-state index contributed by atoms with van der Waals surface area (Å²) in [6.45, 7) is 3.65. The smallest absolute Gasteiger partial charge is 0.329 e. The molecule has 0 radical (unpaired) electrons. The van der Waals surface area contributed by atoms with Crippen LogP contribution in [0.15, 0.2) is 35.9 Å². The van der Waals surface area contributed by atoms with Crippen LogP contribution in [-0.2, 0) is 11.2 Å². The molecular formula is C14H16N2O2. The van der Waals surface area contributed by atoms with Gasteiger partial charge in [-0.25, -0.2) is 4.79 Å². The van der Waals surface area contributed by atoms with Gasteiger partial charge in [0.2, 0.25) is 0 Å². The third kappa shape index (κ3) is 4.30. The maximum atomic E-state index is 9.74. The van der Waals surface area contributed by atoms with Crippen molar-refractivity contribution in [2.24, 2.45) is 0 Å². The summed E-state index contributed by atoms with van der Waals surface area (Å²) in [6.07, 6.45) is 2.04. The summed E-state index contributed by atoms with van der Waals surface area (Å²) in [5.41, 5.74) is 2.97. The molecule has 2 N–H and O–H groups in total. The zero-order valence-corrected chi connectivity index (χ0v) is 10.5. The van der Waals surface area contributed by atoms with E-state index in [1.54, 1.807) is 6.07 Å². The number of nitriles is 1. The molecule has 1 aromatic carbocycles. The topological polar surface area (TPSA) is 73.1 Å². The van der Waals surface area contributed by atoms with Crippen molar-refractivity contribution in [2.75, 3.05) is 5.32 Å². The lowest BCUT2D eigenvalue weighted by Gasteiger charge is -2.00. The maximum absolute atomic E-state index is 9.74. The summed E-state index contributed by atoms with van der Waals surface area (Å²) in [7, 11) is 0. The van der Waals surface area contributed by atoms with E-state index in [0.717, 1.165) is 6.08 Å². The molecule has 94 valence electrons. The van der Waals surface area contributed by atoms with Gasteiger partial charge in [0.1, 0.15) is 0 Å². The summed E-state index contributed by atoms with van der Waals surface area (Å²) in [5, 5.41) is 19.4. The lowest BCUT2D eigenvalue weighted by molar-refractivity contribution is -0.131. The fourth-order valence-electron chi connectivity index (χ4n) is 1.70. The number of benzene rings is 1. The van der Waals surface area contributed by atoms with Crippen molar-refractivity contribution in [3.63, 3.8) is 0 Å². The monoisotopic (exact) mass is 244 g/mol. The molecule has 18 heavy (non-hydrogen) atoms. The number of carboxylic acid groups (broad SMARTS) is 1. The first-order valence-corrected chi connectivity index (χ1v) is 5.68. The van der Waals surface area contributed by atoms with Gasteiger partial charge in [-0.2, -0.15) is 5.26 Å². The van der Waals surface area contributed by atoms with E-state index < -0.39 is 5.97 Å². The average molecular weight is 244 g/mol. The van der Waals surface area contributed by atoms with Crippen molar-refractivity contribution >= 4 is 11.7 Å². The van der Waals surface area contributed by atoms with Gasteiger partial charge in [0.25, 0.3) is 0 Å². The van der Waals surface area contributed by atoms with Crippen LogP contribution in [0.2, 0.25) is 0 Å². The Morgan fingerprint density at radius 2 is 2.22 bits per heavy atom. The van der Waals surface area contributed by atoms with Crippen molar-refractivity contribution in [3.05, 3.63) is 41.5 Å². The van der Waals surface area contributed by atoms with Gasteiger partial charge in [-0.1, -0.05) is 18.2 Å². The van der Waals surface area contributed by atoms with Gasteiger partial charge < -0.3 is 10.4 Å². The zero-order chi connectivity index (χ0) is 13.5. The summed E-state index contributed by atoms with van der Waals surface area (Å²) in [4.78, 5) is 9.74. The molecule has 1 aliphatic heterocycles. The van der Waals surface area contributed by atoms with Crippen molar-refractivity contribution in [3.8, 4) is 6.07 Å². The van der Waals surface area contributed by atoms with Gasteiger partial charge >= 0.3 is 5.97 Å². The molecule has 1 heterocycles. The van der Waals surface area contributed by atoms with Gasteiger partial charge in [-0.05, 0) is 31.9 Å². The third-order valence-corrected chi connectivity index (χ3v) is 2.46. The first-order valence-electron chi connectivity index (χ1n) is 5.68. The van der Waals surface area contributed by atoms with E-state index in [1.165, 1.54) is 24.6 Å². The Balaban J connectivity index is 0.000000187. The van der Waals surface area contributed by atoms with E-state index in [-0.39, 0.29) is 5.57 Å². The van der Waals surface area contributed by atoms with Crippen LogP contribution in [0.25, 0.3) is 0 Å². The summed E-state index contributed by atoms with van der Waals surface area (Å²) in [6, 6.07) is 10.8. The number of allylic oxidation sites excluding steroid dienone is 1. The van der Waals surface area contributed by atoms with Crippen LogP contribution >= 0.6 is 0 Å². The van der Waals surface area contributed by atoms with Crippen LogP contribution in [0, 0.1) is 11.3 Å². The highest BCUT2D eigenvalue weighted by molar-refractivity contribution is 5.81. The number of carboxylic acids is 1. The quantitative estimate of drug-likeness (QED) is 0.588. The van der Waals surface area contributed by atoms with E-state index in [4.69, 9.17) is 10.4 Å². The summed E-state index contributed by atoms with van der Waals surface area (Å²) in [5.74, 6) is -1.08. The number of nitrogens with one attached hydrogen (secondary N) is 1. The molecule has 2 rings (SSSR count). The van der Waals surface area contributed by atoms with Gasteiger partial charge in [0.05, 0.1) is 6.07 Å². The average Bonchev–Trinajstić information content (AvgIpc) is 2.68. The fraction of sp³-hybridized carbons (Fsp3) is 0.286. The minimum Gasteiger partial charge on any atom is -0.478 e. The van der Waals surface area contributed by atoms with Crippen LogP contribution in [-0.4, -0.2) is 17.1 Å². The molecule has 1 atom stereocenters. The number of para-hydroxylation sites is 1. The Morgan fingerprint density at radius 3 is 2.72 bits per heavy atom. The predicted octanol–water partition coefficient (Wildman–Crippen LogP) is 2.58. The Labute approximate surface area is 107 Å². The molecule has 0 aromatic heterocycles. The minimum atomic E-state index is -1.08. The summed E-state index contributed by atoms with van der Waals surface area (Å²) >= 11 is 0. The van der Waals surface area contributed by atoms with Gasteiger partial charge in [0, 0.05) is 23.4 Å². The normalized spacial score (nSPS) is 16.7. The Morgan fingerprint density at radius 1 is 1.56 bits per heavy atom. The third-order valence-electron chi connectivity index (χ3n) is 2.46. The number of carbonyl (C=O) groups is 1. The molecule has 4 nitrogen and oxygen atoms in total. The largest absolute Gasteiger partial charge is 0.478 e. The van der Waals surface area contributed by atoms with Crippen LogP contribution < -0.4 is 5.32 Å². The second-order valence-corrected chi connectivity index (χ2v) is 4.18. The molecule has 1 aliphatic rings. The first kappa shape index (κ1) is 13.8. The van der Waals surface area contributed by atoms with Crippen LogP contribution in [0.1, 0.15) is 19.4 Å². The summed E-state index contributed by atoms with van der Waals surface area (Å²) < 4.78 is 0. The van der Waals surface area contributed by atoms with E-state index >= 15 is 0 Å². The van der Waals surface area contributed by atoms with Crippen molar-refractivity contribution in [1.82, 2.24) is 0 Å². The highest BCUT2D eigenvalue weighted by Crippen LogP contribution is 2.24. The van der Waals surface area contributed by atoms with Crippen molar-refractivity contribution < 1.29 is 9.90 Å². The van der Waals surface area contributed by atoms with Gasteiger partial charge in [-0.15, -0.1) is 0 Å². The highest BCUT2D eigenvalue weighted by atomic mass is 16.4. The van der Waals surface area contributed by atoms with Crippen molar-refractivity contribution in [1.29, 1.82) is 5.26 Å². The fourth-order valence-corrected chi connectivity index (χ4v) is 1.70. The number of hydrogen-bond acceptors (Lipinski definition) is 3. The molecule has 1 unspecified atom stereocenters. The maximum Gasteiger partial charge on any atom is 0.329 e. The van der Waals surface area contributed by atoms with Crippen LogP contribution in [0.5, 0.6) is 0 Å². The molecule has 0 amide bonds. The Kier molecular flexibility index (Phi) is 4.94. The second kappa shape index (κ2) is 6.45. The number of hydrogen-bond donors (Lipinski definition) is 2. The first-order chi connectivity index (χ1) is 8.52. The standard InChI is InChI=1S/C9H11N.C5H5NO2/c1-7-6-8-4-2-3-5-9(8)10-7;1-4(3-6)2-5(7)8/h2-5,7,10H,6H2,1H3;2H,1H3,(H,7,8). The van der Waals surface area contributed by atoms with Crippen LogP contribution in [0.3, 0.4) is 0 Å². The van der Waals surface area contributed by atoms with E-state index in [2.05, 4.69) is 36.5 Å². The van der Waals surface area contributed by atoms with E-state index in [0.29, 0.717) is 6.04 Å². The van der Waals surface area contributed by atoms with E-state index in [1.807, 2.05) is 0 Å². The lowest BCUT2D eigenvalue weighted by Crippen LogP contribution is -2.08. The molecule has 0 aliphatic carbocycles. The number of rotatable bonds is 1. The molecule has 0 spiro atoms. The van der Waals surface area contributed by atoms with Gasteiger partial charge in [0.15, 0.2) is 0 Å². The molecule has 0 saturated heterocycles. The number of anilines is 1. The Hall–Kier alpha value is -2.28. The van der Waals surface area contributed by atoms with Crippen LogP contribution in [0.4, 0.5) is 5.69 Å². The second-order valence-electron chi connectivity index (χ2n) is 4.18. The minimum absolute atomic E-state index is 0.206. The molecule has 0 fully saturated rings. The molecule has 1 aromatic rings. The number of aliphatic carboxylic acids is 1. The van der Waals surface area contributed by atoms with E-state index in [9.17, 15) is 4.79 Å². The number of fused-ring (bicyclic) bond motifs is 1. The molecular weight excluding hydrogens is 228 g/mol. The SMILES string of the molecule is CC(C#N)=CC(=O)O.CC1Cc2ccccc2N1. The lowest BCUT2D eigenvalue weighted by atomic mass is 10.1. The molecule has 4 heteroatoms. The number of nitrogens with zero attached hydrogens (tertiary/aromatic N) is 1. The Bertz CT molecular complexity index is 476. The highest BCUT2D eigenvalue weighted by Gasteiger charge is 2.14. The molecule has 0 saturated carbocycles. The van der Waals surface area contributed by atoms with Gasteiger partial charge in [-0.3, -0.25) is 0 Å². The molecule has 0 bridgehead atoms. The predicted molar refractivity (Wildman–Crippen MR) is 70.2 cm³/mol.